The number of carbonyl (C=O) groups excluding carboxylic acids is 2. The summed E-state index contributed by atoms with van der Waals surface area (Å²) in [4.78, 5) is 28.8. The number of pyridine rings is 1. The lowest BCUT2D eigenvalue weighted by atomic mass is 10.0. The molecule has 7 heteroatoms. The van der Waals surface area contributed by atoms with Gasteiger partial charge in [0.05, 0.1) is 19.9 Å². The van der Waals surface area contributed by atoms with Gasteiger partial charge in [-0.25, -0.2) is 14.6 Å². The van der Waals surface area contributed by atoms with Crippen LogP contribution in [0, 0.1) is 0 Å². The summed E-state index contributed by atoms with van der Waals surface area (Å²) in [7, 11) is 2.71. The van der Waals surface area contributed by atoms with Crippen molar-refractivity contribution in [3.8, 4) is 0 Å². The van der Waals surface area contributed by atoms with Crippen molar-refractivity contribution in [2.75, 3.05) is 32.6 Å². The Kier molecular flexibility index (Phi) is 4.97. The zero-order valence-corrected chi connectivity index (χ0v) is 12.2. The number of nitrogens with zero attached hydrogens (tertiary/aromatic N) is 2. The summed E-state index contributed by atoms with van der Waals surface area (Å²) in [6.45, 7) is 1.25. The van der Waals surface area contributed by atoms with Gasteiger partial charge in [0, 0.05) is 25.3 Å². The molecule has 21 heavy (non-hydrogen) atoms. The van der Waals surface area contributed by atoms with Crippen LogP contribution in [0.15, 0.2) is 18.3 Å². The molecule has 1 aromatic heterocycles. The van der Waals surface area contributed by atoms with Crippen molar-refractivity contribution in [2.45, 2.75) is 18.9 Å². The highest BCUT2D eigenvalue weighted by Crippen LogP contribution is 2.19. The molecular formula is C14H19N3O4. The number of ether oxygens (including phenoxy) is 2. The zero-order valence-electron chi connectivity index (χ0n) is 12.2. The molecule has 0 aliphatic carbocycles. The van der Waals surface area contributed by atoms with Gasteiger partial charge in [-0.2, -0.15) is 0 Å². The van der Waals surface area contributed by atoms with Crippen LogP contribution in [0.4, 0.5) is 10.5 Å². The lowest BCUT2D eigenvalue weighted by molar-refractivity contribution is 0.0595. The summed E-state index contributed by atoms with van der Waals surface area (Å²) in [5.41, 5.74) is 0.927. The first-order chi connectivity index (χ1) is 10.2. The lowest BCUT2D eigenvalue weighted by Crippen LogP contribution is -2.42. The van der Waals surface area contributed by atoms with Gasteiger partial charge >= 0.3 is 12.1 Å². The Bertz CT molecular complexity index is 513. The second-order valence-electron chi connectivity index (χ2n) is 4.77. The molecule has 1 aliphatic heterocycles. The highest BCUT2D eigenvalue weighted by atomic mass is 16.5. The molecule has 0 aromatic carbocycles. The second-order valence-corrected chi connectivity index (χ2v) is 4.77. The fourth-order valence-electron chi connectivity index (χ4n) is 2.34. The van der Waals surface area contributed by atoms with Crippen molar-refractivity contribution in [1.29, 1.82) is 0 Å². The monoisotopic (exact) mass is 293 g/mol. The van der Waals surface area contributed by atoms with E-state index in [1.807, 2.05) is 0 Å². The molecule has 0 saturated carbocycles. The highest BCUT2D eigenvalue weighted by molar-refractivity contribution is 5.93. The molecule has 1 aromatic rings. The minimum atomic E-state index is -0.468. The van der Waals surface area contributed by atoms with E-state index in [1.54, 1.807) is 23.2 Å². The van der Waals surface area contributed by atoms with E-state index >= 15 is 0 Å². The summed E-state index contributed by atoms with van der Waals surface area (Å²) in [6.07, 6.45) is 2.82. The Hall–Kier alpha value is -2.31. The Morgan fingerprint density at radius 2 is 2.00 bits per heavy atom. The van der Waals surface area contributed by atoms with Gasteiger partial charge < -0.3 is 19.7 Å². The van der Waals surface area contributed by atoms with Crippen molar-refractivity contribution in [3.05, 3.63) is 24.0 Å². The van der Waals surface area contributed by atoms with E-state index in [4.69, 9.17) is 9.47 Å². The van der Waals surface area contributed by atoms with Crippen LogP contribution < -0.4 is 5.32 Å². The molecule has 2 heterocycles. The van der Waals surface area contributed by atoms with Gasteiger partial charge in [-0.3, -0.25) is 0 Å². The maximum absolute atomic E-state index is 11.7. The number of methoxy groups -OCH3 is 2. The molecule has 0 spiro atoms. The van der Waals surface area contributed by atoms with Gasteiger partial charge in [0.2, 0.25) is 0 Å². The van der Waals surface area contributed by atoms with Crippen LogP contribution in [0.5, 0.6) is 0 Å². The van der Waals surface area contributed by atoms with Gasteiger partial charge in [0.1, 0.15) is 0 Å². The predicted molar refractivity (Wildman–Crippen MR) is 76.2 cm³/mol. The van der Waals surface area contributed by atoms with Crippen molar-refractivity contribution < 1.29 is 19.1 Å². The summed E-state index contributed by atoms with van der Waals surface area (Å²) in [5.74, 6) is -0.468. The largest absolute Gasteiger partial charge is 0.464 e. The van der Waals surface area contributed by atoms with Gasteiger partial charge in [-0.15, -0.1) is 0 Å². The van der Waals surface area contributed by atoms with E-state index in [2.05, 4.69) is 10.3 Å². The minimum Gasteiger partial charge on any atom is -0.464 e. The molecule has 0 unspecified atom stereocenters. The predicted octanol–water partition coefficient (Wildman–Crippen LogP) is 1.51. The topological polar surface area (TPSA) is 80.8 Å². The molecular weight excluding hydrogens is 274 g/mol. The highest BCUT2D eigenvalue weighted by Gasteiger charge is 2.24. The summed E-state index contributed by atoms with van der Waals surface area (Å²) in [6, 6.07) is 3.74. The molecule has 114 valence electrons. The van der Waals surface area contributed by atoms with Gasteiger partial charge in [-0.05, 0) is 25.0 Å². The van der Waals surface area contributed by atoms with Crippen molar-refractivity contribution in [2.24, 2.45) is 0 Å². The van der Waals surface area contributed by atoms with Gasteiger partial charge in [0.25, 0.3) is 0 Å². The van der Waals surface area contributed by atoms with Crippen LogP contribution in [0.3, 0.4) is 0 Å². The number of piperidine rings is 1. The van der Waals surface area contributed by atoms with Gasteiger partial charge in [-0.1, -0.05) is 0 Å². The number of nitrogens with one attached hydrogen (secondary N) is 1. The first kappa shape index (κ1) is 15.1. The average molecular weight is 293 g/mol. The van der Waals surface area contributed by atoms with Crippen LogP contribution in [0.2, 0.25) is 0 Å². The maximum atomic E-state index is 11.7. The third-order valence-electron chi connectivity index (χ3n) is 3.47. The first-order valence-corrected chi connectivity index (χ1v) is 6.78. The Balaban J connectivity index is 1.98. The number of likely N-dealkylation sites (tertiary alicyclic amines) is 1. The van der Waals surface area contributed by atoms with Crippen LogP contribution in [0.1, 0.15) is 23.3 Å². The number of hydrogen-bond acceptors (Lipinski definition) is 6. The Morgan fingerprint density at radius 1 is 1.29 bits per heavy atom. The molecule has 1 fully saturated rings. The Morgan fingerprint density at radius 3 is 2.62 bits per heavy atom. The standard InChI is InChI=1S/C14H19N3O4/c1-20-13(18)12-11(4-3-7-15-12)16-10-5-8-17(9-6-10)14(19)21-2/h3-4,7,10,16H,5-6,8-9H2,1-2H3. The van der Waals surface area contributed by atoms with E-state index in [0.29, 0.717) is 18.8 Å². The smallest absolute Gasteiger partial charge is 0.409 e. The number of aromatic nitrogens is 1. The van der Waals surface area contributed by atoms with Crippen molar-refractivity contribution in [3.63, 3.8) is 0 Å². The van der Waals surface area contributed by atoms with E-state index in [-0.39, 0.29) is 17.8 Å². The third kappa shape index (κ3) is 3.62. The molecule has 0 radical (unpaired) electrons. The molecule has 1 amide bonds. The second kappa shape index (κ2) is 6.92. The van der Waals surface area contributed by atoms with Crippen LogP contribution in [-0.2, 0) is 9.47 Å². The number of anilines is 1. The summed E-state index contributed by atoms with van der Waals surface area (Å²) < 4.78 is 9.42. The fourth-order valence-corrected chi connectivity index (χ4v) is 2.34. The summed E-state index contributed by atoms with van der Waals surface area (Å²) in [5, 5.41) is 3.30. The quantitative estimate of drug-likeness (QED) is 0.851. The third-order valence-corrected chi connectivity index (χ3v) is 3.47. The number of hydrogen-bond donors (Lipinski definition) is 1. The first-order valence-electron chi connectivity index (χ1n) is 6.78. The Labute approximate surface area is 123 Å². The van der Waals surface area contributed by atoms with Crippen LogP contribution in [-0.4, -0.2) is 55.3 Å². The van der Waals surface area contributed by atoms with E-state index in [0.717, 1.165) is 12.8 Å². The minimum absolute atomic E-state index is 0.179. The normalized spacial score (nSPS) is 15.4. The van der Waals surface area contributed by atoms with Crippen molar-refractivity contribution >= 4 is 17.7 Å². The van der Waals surface area contributed by atoms with E-state index in [9.17, 15) is 9.59 Å². The van der Waals surface area contributed by atoms with E-state index in [1.165, 1.54) is 14.2 Å². The SMILES string of the molecule is COC(=O)c1ncccc1NC1CCN(C(=O)OC)CC1. The van der Waals surface area contributed by atoms with Crippen LogP contribution in [0.25, 0.3) is 0 Å². The molecule has 0 bridgehead atoms. The zero-order chi connectivity index (χ0) is 15.2. The number of amides is 1. The molecule has 1 saturated heterocycles. The lowest BCUT2D eigenvalue weighted by Gasteiger charge is -2.32. The molecule has 7 nitrogen and oxygen atoms in total. The van der Waals surface area contributed by atoms with Crippen molar-refractivity contribution in [1.82, 2.24) is 9.88 Å². The summed E-state index contributed by atoms with van der Waals surface area (Å²) >= 11 is 0. The number of esters is 1. The van der Waals surface area contributed by atoms with Gasteiger partial charge in [0.15, 0.2) is 5.69 Å². The fraction of sp³-hybridized carbons (Fsp3) is 0.500. The average Bonchev–Trinajstić information content (AvgIpc) is 2.54. The molecule has 1 aliphatic rings. The molecule has 2 rings (SSSR count). The molecule has 0 atom stereocenters. The number of carbonyl (C=O) groups is 2. The molecule has 1 N–H and O–H groups in total. The van der Waals surface area contributed by atoms with E-state index < -0.39 is 5.97 Å². The maximum Gasteiger partial charge on any atom is 0.409 e. The number of rotatable bonds is 3. The van der Waals surface area contributed by atoms with Crippen LogP contribution >= 0.6 is 0 Å².